The van der Waals surface area contributed by atoms with E-state index in [9.17, 15) is 0 Å². The molecule has 1 aromatic carbocycles. The van der Waals surface area contributed by atoms with E-state index < -0.39 is 0 Å². The number of nitrogens with two attached hydrogens (primary N) is 1. The number of furan rings is 1. The van der Waals surface area contributed by atoms with Crippen LogP contribution in [0.15, 0.2) is 45.0 Å². The zero-order chi connectivity index (χ0) is 15.2. The molecular formula is C12H11Cl2N5O2. The summed E-state index contributed by atoms with van der Waals surface area (Å²) in [6.45, 7) is 0. The lowest BCUT2D eigenvalue weighted by Crippen LogP contribution is -2.29. The van der Waals surface area contributed by atoms with Gasteiger partial charge in [-0.1, -0.05) is 29.3 Å². The summed E-state index contributed by atoms with van der Waals surface area (Å²) in [7, 11) is 0. The fourth-order valence-corrected chi connectivity index (χ4v) is 1.90. The molecule has 2 rings (SSSR count). The third kappa shape index (κ3) is 3.88. The van der Waals surface area contributed by atoms with Gasteiger partial charge < -0.3 is 10.2 Å². The van der Waals surface area contributed by atoms with Crippen LogP contribution in [0.3, 0.4) is 0 Å². The van der Waals surface area contributed by atoms with Gasteiger partial charge in [0.1, 0.15) is 11.5 Å². The van der Waals surface area contributed by atoms with E-state index in [-0.39, 0.29) is 5.96 Å². The molecule has 1 heterocycles. The summed E-state index contributed by atoms with van der Waals surface area (Å²) in [5.74, 6) is 0.916. The summed E-state index contributed by atoms with van der Waals surface area (Å²) in [6, 6.07) is 8.71. The van der Waals surface area contributed by atoms with Crippen molar-refractivity contribution in [2.24, 2.45) is 15.9 Å². The molecule has 0 amide bonds. The Bertz CT molecular complexity index is 684. The molecule has 1 aromatic heterocycles. The van der Waals surface area contributed by atoms with Crippen molar-refractivity contribution in [3.8, 4) is 11.3 Å². The highest BCUT2D eigenvalue weighted by Gasteiger charge is 2.10. The largest absolute Gasteiger partial charge is 0.455 e. The van der Waals surface area contributed by atoms with E-state index in [0.717, 1.165) is 0 Å². The van der Waals surface area contributed by atoms with Crippen molar-refractivity contribution in [2.45, 2.75) is 0 Å². The number of halogens is 2. The molecule has 0 aliphatic heterocycles. The van der Waals surface area contributed by atoms with E-state index in [1.165, 1.54) is 11.8 Å². The number of nitrogens with one attached hydrogen (secondary N) is 2. The Morgan fingerprint density at radius 1 is 1.29 bits per heavy atom. The normalized spacial score (nSPS) is 11.9. The van der Waals surface area contributed by atoms with Crippen LogP contribution in [0.5, 0.6) is 0 Å². The highest BCUT2D eigenvalue weighted by Crippen LogP contribution is 2.33. The van der Waals surface area contributed by atoms with E-state index in [2.05, 4.69) is 15.6 Å². The molecule has 5 N–H and O–H groups in total. The van der Waals surface area contributed by atoms with Crippen LogP contribution in [0.25, 0.3) is 11.3 Å². The molecule has 0 saturated heterocycles. The molecule has 0 aliphatic rings. The van der Waals surface area contributed by atoms with Gasteiger partial charge in [0.2, 0.25) is 5.96 Å². The third-order valence-corrected chi connectivity index (χ3v) is 3.20. The molecule has 7 nitrogen and oxygen atoms in total. The van der Waals surface area contributed by atoms with Crippen LogP contribution in [-0.2, 0) is 0 Å². The molecule has 0 saturated carbocycles. The number of hydrogen-bond acceptors (Lipinski definition) is 5. The van der Waals surface area contributed by atoms with Crippen molar-refractivity contribution >= 4 is 35.4 Å². The minimum Gasteiger partial charge on any atom is -0.455 e. The summed E-state index contributed by atoms with van der Waals surface area (Å²) in [5, 5.41) is 16.2. The Hall–Kier alpha value is -2.22. The summed E-state index contributed by atoms with van der Waals surface area (Å²) in [6.07, 6.45) is 1.39. The minimum absolute atomic E-state index is 0.113. The van der Waals surface area contributed by atoms with Gasteiger partial charge in [0.05, 0.1) is 16.3 Å². The first-order valence-corrected chi connectivity index (χ1v) is 6.43. The van der Waals surface area contributed by atoms with Gasteiger partial charge in [0, 0.05) is 5.56 Å². The van der Waals surface area contributed by atoms with Crippen molar-refractivity contribution in [2.75, 3.05) is 0 Å². The fourth-order valence-electron chi connectivity index (χ4n) is 1.50. The number of guanidine groups is 1. The van der Waals surface area contributed by atoms with E-state index in [1.807, 2.05) is 0 Å². The topological polar surface area (TPSA) is 108 Å². The summed E-state index contributed by atoms with van der Waals surface area (Å²) < 4.78 is 5.57. The maximum absolute atomic E-state index is 8.28. The zero-order valence-corrected chi connectivity index (χ0v) is 12.1. The maximum Gasteiger partial charge on any atom is 0.234 e. The molecule has 0 fully saturated rings. The number of nitrogens with zero attached hydrogens (tertiary/aromatic N) is 2. The van der Waals surface area contributed by atoms with Crippen LogP contribution in [0, 0.1) is 0 Å². The first-order chi connectivity index (χ1) is 10.1. The predicted molar refractivity (Wildman–Crippen MR) is 81.4 cm³/mol. The molecule has 0 bridgehead atoms. The Kier molecular flexibility index (Phi) is 5.04. The molecule has 0 spiro atoms. The second kappa shape index (κ2) is 6.98. The number of hydrogen-bond donors (Lipinski definition) is 4. The van der Waals surface area contributed by atoms with Crippen molar-refractivity contribution in [3.05, 3.63) is 46.1 Å². The van der Waals surface area contributed by atoms with Crippen molar-refractivity contribution < 1.29 is 9.62 Å². The molecule has 0 radical (unpaired) electrons. The van der Waals surface area contributed by atoms with Gasteiger partial charge >= 0.3 is 0 Å². The zero-order valence-electron chi connectivity index (χ0n) is 10.5. The van der Waals surface area contributed by atoms with Crippen molar-refractivity contribution in [1.29, 1.82) is 0 Å². The van der Waals surface area contributed by atoms with Crippen LogP contribution in [0.4, 0.5) is 0 Å². The SMILES string of the molecule is N/C(=N/NO)N/N=C/c1ccc(-c2cccc(Cl)c2Cl)o1. The molecule has 21 heavy (non-hydrogen) atoms. The second-order valence-electron chi connectivity index (χ2n) is 3.77. The molecule has 0 aliphatic carbocycles. The lowest BCUT2D eigenvalue weighted by molar-refractivity contribution is 0.171. The summed E-state index contributed by atoms with van der Waals surface area (Å²) in [4.78, 5) is 0. The van der Waals surface area contributed by atoms with Gasteiger partial charge in [-0.05, 0) is 24.3 Å². The predicted octanol–water partition coefficient (Wildman–Crippen LogP) is 2.39. The van der Waals surface area contributed by atoms with Gasteiger partial charge in [-0.15, -0.1) is 5.10 Å². The average Bonchev–Trinajstić information content (AvgIpc) is 2.91. The van der Waals surface area contributed by atoms with E-state index in [1.54, 1.807) is 30.3 Å². The molecule has 0 unspecified atom stereocenters. The Morgan fingerprint density at radius 2 is 2.10 bits per heavy atom. The molecule has 9 heteroatoms. The van der Waals surface area contributed by atoms with E-state index in [0.29, 0.717) is 27.1 Å². The van der Waals surface area contributed by atoms with E-state index >= 15 is 0 Å². The van der Waals surface area contributed by atoms with Gasteiger partial charge in [-0.2, -0.15) is 10.7 Å². The lowest BCUT2D eigenvalue weighted by Gasteiger charge is -2.01. The Labute approximate surface area is 130 Å². The summed E-state index contributed by atoms with van der Waals surface area (Å²) >= 11 is 12.1. The van der Waals surface area contributed by atoms with Gasteiger partial charge in [-0.3, -0.25) is 5.21 Å². The van der Waals surface area contributed by atoms with Crippen molar-refractivity contribution in [1.82, 2.24) is 11.0 Å². The molecular weight excluding hydrogens is 317 g/mol. The van der Waals surface area contributed by atoms with Gasteiger partial charge in [-0.25, -0.2) is 5.43 Å². The number of benzene rings is 1. The van der Waals surface area contributed by atoms with Crippen LogP contribution in [0.1, 0.15) is 5.76 Å². The highest BCUT2D eigenvalue weighted by molar-refractivity contribution is 6.43. The number of rotatable bonds is 4. The molecule has 110 valence electrons. The molecule has 0 atom stereocenters. The van der Waals surface area contributed by atoms with Crippen LogP contribution < -0.4 is 16.7 Å². The van der Waals surface area contributed by atoms with Crippen LogP contribution in [-0.4, -0.2) is 17.4 Å². The maximum atomic E-state index is 8.28. The summed E-state index contributed by atoms with van der Waals surface area (Å²) in [5.41, 5.74) is 9.90. The third-order valence-electron chi connectivity index (χ3n) is 2.39. The lowest BCUT2D eigenvalue weighted by atomic mass is 10.2. The van der Waals surface area contributed by atoms with Crippen molar-refractivity contribution in [3.63, 3.8) is 0 Å². The van der Waals surface area contributed by atoms with E-state index in [4.69, 9.17) is 38.6 Å². The monoisotopic (exact) mass is 327 g/mol. The Balaban J connectivity index is 2.13. The van der Waals surface area contributed by atoms with Crippen LogP contribution >= 0.6 is 23.2 Å². The average molecular weight is 328 g/mol. The second-order valence-corrected chi connectivity index (χ2v) is 4.56. The quantitative estimate of drug-likeness (QED) is 0.391. The van der Waals surface area contributed by atoms with Gasteiger partial charge in [0.25, 0.3) is 0 Å². The van der Waals surface area contributed by atoms with Crippen LogP contribution in [0.2, 0.25) is 10.0 Å². The Morgan fingerprint density at radius 3 is 2.86 bits per heavy atom. The first-order valence-electron chi connectivity index (χ1n) is 5.67. The fraction of sp³-hybridized carbons (Fsp3) is 0. The smallest absolute Gasteiger partial charge is 0.234 e. The standard InChI is InChI=1S/C12H11Cl2N5O2/c13-9-3-1-2-8(11(9)14)10-5-4-7(21-10)6-16-17-12(15)18-19-20/h1-6,19-20H,(H3,15,17,18)/b16-6+. The van der Waals surface area contributed by atoms with Gasteiger partial charge in [0.15, 0.2) is 0 Å². The first kappa shape index (κ1) is 15.2. The molecule has 2 aromatic rings. The minimum atomic E-state index is -0.113. The highest BCUT2D eigenvalue weighted by atomic mass is 35.5. The number of hydrazone groups is 2.